The van der Waals surface area contributed by atoms with Crippen LogP contribution in [-0.4, -0.2) is 10.9 Å². The van der Waals surface area contributed by atoms with Gasteiger partial charge in [0.25, 0.3) is 0 Å². The minimum atomic E-state index is 0.827. The fraction of sp³-hybridized carbons (Fsp3) is 0.625. The summed E-state index contributed by atoms with van der Waals surface area (Å²) in [6.45, 7) is 2.17. The minimum absolute atomic E-state index is 0.827. The van der Waals surface area contributed by atoms with Crippen LogP contribution in [0.15, 0.2) is 23.3 Å². The lowest BCUT2D eigenvalue weighted by Gasteiger charge is -1.84. The van der Waals surface area contributed by atoms with Crippen molar-refractivity contribution in [2.75, 3.05) is 5.88 Å². The summed E-state index contributed by atoms with van der Waals surface area (Å²) >= 11 is 5.38. The highest BCUT2D eigenvalue weighted by Crippen LogP contribution is 1.93. The Bertz CT molecular complexity index is 109. The molecule has 0 saturated heterocycles. The number of aromatic nitrogens is 1. The highest BCUT2D eigenvalue weighted by atomic mass is 35.5. The molecule has 0 unspecified atom stereocenters. The van der Waals surface area contributed by atoms with E-state index in [1.807, 2.05) is 0 Å². The molecule has 0 aliphatic carbocycles. The predicted octanol–water partition coefficient (Wildman–Crippen LogP) is 3.09. The number of oxazole rings is 1. The van der Waals surface area contributed by atoms with E-state index in [1.165, 1.54) is 31.9 Å². The highest BCUT2D eigenvalue weighted by molar-refractivity contribution is 6.17. The van der Waals surface area contributed by atoms with Crippen LogP contribution in [-0.2, 0) is 0 Å². The van der Waals surface area contributed by atoms with E-state index in [2.05, 4.69) is 16.3 Å². The number of hydrogen-bond acceptors (Lipinski definition) is 2. The van der Waals surface area contributed by atoms with Gasteiger partial charge in [-0.15, -0.1) is 11.6 Å². The van der Waals surface area contributed by atoms with E-state index in [4.69, 9.17) is 11.6 Å². The molecule has 3 heteroatoms. The van der Waals surface area contributed by atoms with E-state index >= 15 is 0 Å². The molecule has 0 bridgehead atoms. The Labute approximate surface area is 72.6 Å². The normalized spacial score (nSPS) is 8.55. The summed E-state index contributed by atoms with van der Waals surface area (Å²) < 4.78 is 4.47. The summed E-state index contributed by atoms with van der Waals surface area (Å²) in [4.78, 5) is 3.56. The molecule has 1 aromatic rings. The molecule has 0 saturated carbocycles. The van der Waals surface area contributed by atoms with Gasteiger partial charge < -0.3 is 4.42 Å². The van der Waals surface area contributed by atoms with Gasteiger partial charge in [-0.3, -0.25) is 0 Å². The lowest BCUT2D eigenvalue weighted by molar-refractivity contribution is 0.558. The molecule has 0 fully saturated rings. The molecule has 0 atom stereocenters. The largest absolute Gasteiger partial charge is 0.452 e. The fourth-order valence-corrected chi connectivity index (χ4v) is 0.709. The third kappa shape index (κ3) is 9.50. The van der Waals surface area contributed by atoms with Crippen LogP contribution in [0.3, 0.4) is 0 Å². The van der Waals surface area contributed by atoms with Gasteiger partial charge in [0, 0.05) is 5.88 Å². The van der Waals surface area contributed by atoms with Crippen LogP contribution in [0.4, 0.5) is 0 Å². The number of rotatable bonds is 3. The molecule has 11 heavy (non-hydrogen) atoms. The lowest BCUT2D eigenvalue weighted by Crippen LogP contribution is -1.70. The first-order valence-electron chi connectivity index (χ1n) is 3.80. The number of alkyl halides is 1. The average molecular weight is 176 g/mol. The second-order valence-electron chi connectivity index (χ2n) is 2.07. The van der Waals surface area contributed by atoms with Crippen molar-refractivity contribution >= 4 is 11.6 Å². The first kappa shape index (κ1) is 10.5. The first-order chi connectivity index (χ1) is 5.41. The molecule has 0 amide bonds. The molecular weight excluding hydrogens is 162 g/mol. The number of hydrogen-bond donors (Lipinski definition) is 0. The van der Waals surface area contributed by atoms with Gasteiger partial charge in [-0.2, -0.15) is 0 Å². The van der Waals surface area contributed by atoms with Crippen LogP contribution >= 0.6 is 11.6 Å². The van der Waals surface area contributed by atoms with Gasteiger partial charge >= 0.3 is 0 Å². The molecule has 64 valence electrons. The molecule has 0 spiro atoms. The van der Waals surface area contributed by atoms with Gasteiger partial charge in [-0.25, -0.2) is 4.98 Å². The monoisotopic (exact) mass is 175 g/mol. The first-order valence-corrected chi connectivity index (χ1v) is 4.33. The molecular formula is C8H14ClNO. The zero-order valence-electron chi connectivity index (χ0n) is 6.79. The smallest absolute Gasteiger partial charge is 0.180 e. The highest BCUT2D eigenvalue weighted by Gasteiger charge is 1.76. The molecule has 2 nitrogen and oxygen atoms in total. The third-order valence-electron chi connectivity index (χ3n) is 1.08. The zero-order valence-corrected chi connectivity index (χ0v) is 7.55. The maximum absolute atomic E-state index is 5.38. The predicted molar refractivity (Wildman–Crippen MR) is 46.7 cm³/mol. The number of unbranched alkanes of at least 4 members (excludes halogenated alkanes) is 2. The van der Waals surface area contributed by atoms with E-state index in [9.17, 15) is 0 Å². The Morgan fingerprint density at radius 1 is 1.45 bits per heavy atom. The Morgan fingerprint density at radius 2 is 2.27 bits per heavy atom. The zero-order chi connectivity index (χ0) is 8.36. The quantitative estimate of drug-likeness (QED) is 0.521. The molecule has 1 rings (SSSR count). The van der Waals surface area contributed by atoms with Gasteiger partial charge in [-0.1, -0.05) is 19.8 Å². The molecule has 1 heterocycles. The molecule has 0 aromatic carbocycles. The summed E-state index contributed by atoms with van der Waals surface area (Å²) in [5, 5.41) is 0. The van der Waals surface area contributed by atoms with Gasteiger partial charge in [-0.05, 0) is 6.42 Å². The van der Waals surface area contributed by atoms with Crippen molar-refractivity contribution in [2.45, 2.75) is 26.2 Å². The van der Waals surface area contributed by atoms with Crippen molar-refractivity contribution in [3.63, 3.8) is 0 Å². The molecule has 0 N–H and O–H groups in total. The maximum atomic E-state index is 5.38. The second-order valence-corrected chi connectivity index (χ2v) is 2.45. The summed E-state index contributed by atoms with van der Waals surface area (Å²) in [5.74, 6) is 0.827. The van der Waals surface area contributed by atoms with Crippen molar-refractivity contribution in [3.8, 4) is 0 Å². The maximum Gasteiger partial charge on any atom is 0.180 e. The SMILES string of the molecule is CCCCCCl.c1cocn1. The van der Waals surface area contributed by atoms with Crippen molar-refractivity contribution in [1.29, 1.82) is 0 Å². The average Bonchev–Trinajstić information content (AvgIpc) is 2.57. The topological polar surface area (TPSA) is 26.0 Å². The van der Waals surface area contributed by atoms with Crippen LogP contribution in [0.5, 0.6) is 0 Å². The Balaban J connectivity index is 0.000000183. The Morgan fingerprint density at radius 3 is 2.45 bits per heavy atom. The summed E-state index contributed by atoms with van der Waals surface area (Å²) in [6.07, 6.45) is 8.20. The van der Waals surface area contributed by atoms with Gasteiger partial charge in [0.2, 0.25) is 0 Å². The Hall–Kier alpha value is -0.500. The standard InChI is InChI=1S/C5H11Cl.C3H3NO/c1-2-3-4-5-6;1-2-5-3-4-1/h2-5H2,1H3;1-3H. The van der Waals surface area contributed by atoms with Crippen LogP contribution < -0.4 is 0 Å². The molecule has 0 radical (unpaired) electrons. The second kappa shape index (κ2) is 9.50. The van der Waals surface area contributed by atoms with Crippen LogP contribution in [0.25, 0.3) is 0 Å². The van der Waals surface area contributed by atoms with Gasteiger partial charge in [0.1, 0.15) is 6.26 Å². The van der Waals surface area contributed by atoms with Gasteiger partial charge in [0.05, 0.1) is 6.20 Å². The van der Waals surface area contributed by atoms with Crippen molar-refractivity contribution in [2.24, 2.45) is 0 Å². The minimum Gasteiger partial charge on any atom is -0.452 e. The van der Waals surface area contributed by atoms with E-state index in [-0.39, 0.29) is 0 Å². The van der Waals surface area contributed by atoms with Crippen LogP contribution in [0, 0.1) is 0 Å². The fourth-order valence-electron chi connectivity index (χ4n) is 0.520. The molecule has 0 aliphatic rings. The van der Waals surface area contributed by atoms with E-state index in [1.54, 1.807) is 6.20 Å². The van der Waals surface area contributed by atoms with Crippen LogP contribution in [0.2, 0.25) is 0 Å². The molecule has 0 aliphatic heterocycles. The van der Waals surface area contributed by atoms with Crippen molar-refractivity contribution in [3.05, 3.63) is 18.9 Å². The van der Waals surface area contributed by atoms with Crippen molar-refractivity contribution < 1.29 is 4.42 Å². The van der Waals surface area contributed by atoms with E-state index in [0.29, 0.717) is 0 Å². The Kier molecular flexibility index (Phi) is 9.07. The summed E-state index contributed by atoms with van der Waals surface area (Å²) in [5.41, 5.74) is 0. The lowest BCUT2D eigenvalue weighted by atomic mass is 10.3. The summed E-state index contributed by atoms with van der Waals surface area (Å²) in [7, 11) is 0. The number of halogens is 1. The van der Waals surface area contributed by atoms with Gasteiger partial charge in [0.15, 0.2) is 6.39 Å². The molecule has 1 aromatic heterocycles. The van der Waals surface area contributed by atoms with Crippen LogP contribution in [0.1, 0.15) is 26.2 Å². The van der Waals surface area contributed by atoms with E-state index in [0.717, 1.165) is 5.88 Å². The summed E-state index contributed by atoms with van der Waals surface area (Å²) in [6, 6.07) is 0. The van der Waals surface area contributed by atoms with Crippen molar-refractivity contribution in [1.82, 2.24) is 4.98 Å². The third-order valence-corrected chi connectivity index (χ3v) is 1.35. The van der Waals surface area contributed by atoms with E-state index < -0.39 is 0 Å². The number of nitrogens with zero attached hydrogens (tertiary/aromatic N) is 1.